The summed E-state index contributed by atoms with van der Waals surface area (Å²) in [6.07, 6.45) is -2.70. The second-order valence-electron chi connectivity index (χ2n) is 5.22. The van der Waals surface area contributed by atoms with Crippen LogP contribution in [0.1, 0.15) is 41.5 Å². The highest BCUT2D eigenvalue weighted by molar-refractivity contribution is 5.62. The van der Waals surface area contributed by atoms with Crippen LogP contribution in [0.4, 0.5) is 9.59 Å². The zero-order valence-electron chi connectivity index (χ0n) is 11.3. The first-order valence-corrected chi connectivity index (χ1v) is 5.13. The van der Waals surface area contributed by atoms with Crippen molar-refractivity contribution >= 4 is 12.3 Å². The lowest BCUT2D eigenvalue weighted by atomic mass is 10.2. The van der Waals surface area contributed by atoms with Gasteiger partial charge in [-0.15, -0.1) is 0 Å². The Labute approximate surface area is 105 Å². The normalized spacial score (nSPS) is 11.7. The van der Waals surface area contributed by atoms with Gasteiger partial charge in [0.1, 0.15) is 11.2 Å². The van der Waals surface area contributed by atoms with Crippen LogP contribution < -0.4 is 0 Å². The predicted molar refractivity (Wildman–Crippen MR) is 56.8 cm³/mol. The van der Waals surface area contributed by atoms with E-state index in [1.54, 1.807) is 41.5 Å². The summed E-state index contributed by atoms with van der Waals surface area (Å²) >= 11 is 0. The summed E-state index contributed by atoms with van der Waals surface area (Å²) in [7, 11) is 0. The van der Waals surface area contributed by atoms with E-state index in [4.69, 9.17) is 0 Å². The summed E-state index contributed by atoms with van der Waals surface area (Å²) in [6, 6.07) is 0. The highest BCUT2D eigenvalue weighted by atomic mass is 17.4. The van der Waals surface area contributed by atoms with Gasteiger partial charge in [0.2, 0.25) is 0 Å². The molecule has 8 heteroatoms. The third-order valence-corrected chi connectivity index (χ3v) is 0.897. The van der Waals surface area contributed by atoms with Crippen molar-refractivity contribution in [3.63, 3.8) is 0 Å². The SMILES string of the molecule is CC(C)(C)OOC(=O)OOC(=O)OOC(C)(C)C. The molecule has 0 fully saturated rings. The van der Waals surface area contributed by atoms with Gasteiger partial charge in [0, 0.05) is 0 Å². The molecule has 0 aromatic carbocycles. The highest BCUT2D eigenvalue weighted by Crippen LogP contribution is 2.09. The fourth-order valence-electron chi connectivity index (χ4n) is 0.414. The zero-order chi connectivity index (χ0) is 14.4. The lowest BCUT2D eigenvalue weighted by molar-refractivity contribution is -0.362. The van der Waals surface area contributed by atoms with E-state index in [1.807, 2.05) is 0 Å². The number of rotatable bonds is 2. The average Bonchev–Trinajstić information content (AvgIpc) is 2.18. The van der Waals surface area contributed by atoms with Gasteiger partial charge in [-0.1, -0.05) is 0 Å². The molecule has 0 bridgehead atoms. The Hall–Kier alpha value is -1.54. The molecular weight excluding hydrogens is 248 g/mol. The summed E-state index contributed by atoms with van der Waals surface area (Å²) in [6.45, 7) is 9.87. The molecule has 0 unspecified atom stereocenters. The molecule has 0 N–H and O–H groups in total. The van der Waals surface area contributed by atoms with Crippen molar-refractivity contribution in [3.8, 4) is 0 Å². The molecule has 0 radical (unpaired) electrons. The van der Waals surface area contributed by atoms with Gasteiger partial charge in [0.25, 0.3) is 0 Å². The molecule has 0 heterocycles. The Balaban J connectivity index is 3.76. The number of carbonyl (C=O) groups is 2. The van der Waals surface area contributed by atoms with E-state index in [0.29, 0.717) is 0 Å². The molecule has 8 nitrogen and oxygen atoms in total. The number of carbonyl (C=O) groups excluding carboxylic acids is 2. The van der Waals surface area contributed by atoms with Gasteiger partial charge in [0.15, 0.2) is 0 Å². The molecule has 106 valence electrons. The van der Waals surface area contributed by atoms with Gasteiger partial charge in [-0.25, -0.2) is 0 Å². The molecule has 0 atom stereocenters. The maximum Gasteiger partial charge on any atom is 0.582 e. The van der Waals surface area contributed by atoms with Crippen LogP contribution in [0.3, 0.4) is 0 Å². The molecule has 0 aromatic heterocycles. The first kappa shape index (κ1) is 16.5. The second kappa shape index (κ2) is 6.41. The van der Waals surface area contributed by atoms with Crippen LogP contribution in [0.5, 0.6) is 0 Å². The van der Waals surface area contributed by atoms with Gasteiger partial charge in [-0.3, -0.25) is 9.78 Å². The molecule has 0 rings (SSSR count). The van der Waals surface area contributed by atoms with Crippen LogP contribution in [0.2, 0.25) is 0 Å². The van der Waals surface area contributed by atoms with E-state index in [2.05, 4.69) is 29.3 Å². The Morgan fingerprint density at radius 2 is 0.889 bits per heavy atom. The second-order valence-corrected chi connectivity index (χ2v) is 5.22. The maximum atomic E-state index is 10.9. The Bertz CT molecular complexity index is 255. The number of hydrogen-bond donors (Lipinski definition) is 0. The number of hydrogen-bond acceptors (Lipinski definition) is 8. The van der Waals surface area contributed by atoms with Crippen molar-refractivity contribution in [1.29, 1.82) is 0 Å². The third-order valence-electron chi connectivity index (χ3n) is 0.897. The molecule has 0 amide bonds. The highest BCUT2D eigenvalue weighted by Gasteiger charge is 2.21. The van der Waals surface area contributed by atoms with Gasteiger partial charge >= 0.3 is 12.3 Å². The third kappa shape index (κ3) is 11.0. The van der Waals surface area contributed by atoms with E-state index in [1.165, 1.54) is 0 Å². The monoisotopic (exact) mass is 266 g/mol. The van der Waals surface area contributed by atoms with Crippen LogP contribution in [-0.4, -0.2) is 23.5 Å². The minimum atomic E-state index is -1.35. The summed E-state index contributed by atoms with van der Waals surface area (Å²) in [5.41, 5.74) is -1.43. The molecule has 0 aliphatic rings. The van der Waals surface area contributed by atoms with E-state index in [0.717, 1.165) is 0 Å². The Kier molecular flexibility index (Phi) is 5.86. The van der Waals surface area contributed by atoms with Crippen molar-refractivity contribution in [3.05, 3.63) is 0 Å². The molecule has 18 heavy (non-hydrogen) atoms. The summed E-state index contributed by atoms with van der Waals surface area (Å²) in [5, 5.41) is 0. The van der Waals surface area contributed by atoms with Crippen molar-refractivity contribution in [2.75, 3.05) is 0 Å². The average molecular weight is 266 g/mol. The van der Waals surface area contributed by atoms with E-state index in [9.17, 15) is 9.59 Å². The van der Waals surface area contributed by atoms with Gasteiger partial charge < -0.3 is 0 Å². The largest absolute Gasteiger partial charge is 0.582 e. The van der Waals surface area contributed by atoms with Gasteiger partial charge in [-0.05, 0) is 41.5 Å². The molecule has 0 aliphatic carbocycles. The Morgan fingerprint density at radius 1 is 0.611 bits per heavy atom. The maximum absolute atomic E-state index is 10.9. The first-order chi connectivity index (χ1) is 7.99. The van der Waals surface area contributed by atoms with Crippen LogP contribution in [0.25, 0.3) is 0 Å². The fraction of sp³-hybridized carbons (Fsp3) is 0.800. The summed E-state index contributed by atoms with van der Waals surface area (Å²) < 4.78 is 0. The summed E-state index contributed by atoms with van der Waals surface area (Å²) in [4.78, 5) is 47.1. The molecule has 0 aliphatic heterocycles. The van der Waals surface area contributed by atoms with Crippen molar-refractivity contribution < 1.29 is 38.9 Å². The fourth-order valence-corrected chi connectivity index (χ4v) is 0.414. The minimum Gasteiger partial charge on any atom is -0.256 e. The molecule has 0 saturated carbocycles. The molecule has 0 saturated heterocycles. The topological polar surface area (TPSA) is 89.5 Å². The van der Waals surface area contributed by atoms with Gasteiger partial charge in [-0.2, -0.15) is 29.1 Å². The standard InChI is InChI=1S/C10H18O8/c1-9(2,3)17-15-7(11)13-14-8(12)16-18-10(4,5)6/h1-6H3. The quantitative estimate of drug-likeness (QED) is 0.556. The van der Waals surface area contributed by atoms with E-state index in [-0.39, 0.29) is 0 Å². The predicted octanol–water partition coefficient (Wildman–Crippen LogP) is 2.67. The zero-order valence-corrected chi connectivity index (χ0v) is 11.3. The lowest BCUT2D eigenvalue weighted by Crippen LogP contribution is -2.24. The first-order valence-electron chi connectivity index (χ1n) is 5.13. The molecule has 0 aromatic rings. The smallest absolute Gasteiger partial charge is 0.256 e. The van der Waals surface area contributed by atoms with Crippen molar-refractivity contribution in [2.45, 2.75) is 52.7 Å². The van der Waals surface area contributed by atoms with E-state index >= 15 is 0 Å². The van der Waals surface area contributed by atoms with Crippen LogP contribution in [-0.2, 0) is 29.3 Å². The van der Waals surface area contributed by atoms with Crippen LogP contribution in [0.15, 0.2) is 0 Å². The minimum absolute atomic E-state index is 0.713. The molecular formula is C10H18O8. The van der Waals surface area contributed by atoms with Crippen molar-refractivity contribution in [1.82, 2.24) is 0 Å². The molecule has 0 spiro atoms. The summed E-state index contributed by atoms with van der Waals surface area (Å²) in [5.74, 6) is 0. The van der Waals surface area contributed by atoms with E-state index < -0.39 is 23.5 Å². The lowest BCUT2D eigenvalue weighted by Gasteiger charge is -2.16. The van der Waals surface area contributed by atoms with Crippen molar-refractivity contribution in [2.24, 2.45) is 0 Å². The van der Waals surface area contributed by atoms with Gasteiger partial charge in [0.05, 0.1) is 0 Å². The van der Waals surface area contributed by atoms with Crippen LogP contribution >= 0.6 is 0 Å². The Morgan fingerprint density at radius 3 is 1.11 bits per heavy atom. The van der Waals surface area contributed by atoms with Crippen LogP contribution in [0, 0.1) is 0 Å².